The maximum absolute atomic E-state index is 12.3. The van der Waals surface area contributed by atoms with Gasteiger partial charge in [-0.3, -0.25) is 4.79 Å². The molecule has 0 bridgehead atoms. The molecule has 1 atom stereocenters. The predicted molar refractivity (Wildman–Crippen MR) is 93.8 cm³/mol. The van der Waals surface area contributed by atoms with E-state index in [9.17, 15) is 4.79 Å². The summed E-state index contributed by atoms with van der Waals surface area (Å²) in [6.45, 7) is 5.69. The fraction of sp³-hybridized carbons (Fsp3) is 0.235. The van der Waals surface area contributed by atoms with Gasteiger partial charge in [-0.2, -0.15) is 0 Å². The Hall–Kier alpha value is -1.52. The highest BCUT2D eigenvalue weighted by Crippen LogP contribution is 2.29. The van der Waals surface area contributed by atoms with E-state index >= 15 is 0 Å². The van der Waals surface area contributed by atoms with Crippen molar-refractivity contribution in [3.05, 3.63) is 57.0 Å². The summed E-state index contributed by atoms with van der Waals surface area (Å²) in [6.07, 6.45) is -0.627. The van der Waals surface area contributed by atoms with Crippen molar-refractivity contribution in [2.75, 3.05) is 5.32 Å². The number of nitrogens with one attached hydrogen (secondary N) is 1. The molecule has 0 fully saturated rings. The van der Waals surface area contributed by atoms with Gasteiger partial charge in [-0.05, 0) is 66.5 Å². The zero-order valence-corrected chi connectivity index (χ0v) is 15.0. The van der Waals surface area contributed by atoms with E-state index in [1.165, 1.54) is 0 Å². The van der Waals surface area contributed by atoms with Crippen LogP contribution in [0.15, 0.2) is 40.9 Å². The van der Waals surface area contributed by atoms with Gasteiger partial charge in [-0.15, -0.1) is 0 Å². The molecule has 0 saturated heterocycles. The van der Waals surface area contributed by atoms with Gasteiger partial charge in [-0.1, -0.05) is 29.3 Å². The van der Waals surface area contributed by atoms with Crippen molar-refractivity contribution >= 4 is 39.1 Å². The van der Waals surface area contributed by atoms with Gasteiger partial charge < -0.3 is 10.1 Å². The molecule has 1 N–H and O–H groups in total. The van der Waals surface area contributed by atoms with E-state index in [1.54, 1.807) is 25.1 Å². The van der Waals surface area contributed by atoms with Crippen molar-refractivity contribution in [1.82, 2.24) is 0 Å². The summed E-state index contributed by atoms with van der Waals surface area (Å²) in [6, 6.07) is 11.1. The Bertz CT molecular complexity index is 703. The molecule has 2 rings (SSSR count). The van der Waals surface area contributed by atoms with Crippen LogP contribution >= 0.6 is 27.5 Å². The standard InChI is InChI=1S/C17H17BrClNO2/c1-10-4-6-15(11(2)8-10)20-17(21)12(3)22-16-7-5-13(19)9-14(16)18/h4-9,12H,1-3H3,(H,20,21)/t12-/m1/s1. The summed E-state index contributed by atoms with van der Waals surface area (Å²) < 4.78 is 6.39. The molecule has 0 heterocycles. The summed E-state index contributed by atoms with van der Waals surface area (Å²) >= 11 is 9.26. The van der Waals surface area contributed by atoms with E-state index in [2.05, 4.69) is 21.2 Å². The fourth-order valence-electron chi connectivity index (χ4n) is 2.00. The van der Waals surface area contributed by atoms with Crippen LogP contribution in [0.1, 0.15) is 18.1 Å². The second kappa shape index (κ2) is 7.16. The molecule has 5 heteroatoms. The molecule has 0 radical (unpaired) electrons. The smallest absolute Gasteiger partial charge is 0.265 e. The lowest BCUT2D eigenvalue weighted by atomic mass is 10.1. The fourth-order valence-corrected chi connectivity index (χ4v) is 2.78. The minimum Gasteiger partial charge on any atom is -0.480 e. The Kier molecular flexibility index (Phi) is 5.48. The van der Waals surface area contributed by atoms with Gasteiger partial charge in [0.2, 0.25) is 0 Å². The number of benzene rings is 2. The Labute approximate surface area is 143 Å². The van der Waals surface area contributed by atoms with Gasteiger partial charge in [0.15, 0.2) is 6.10 Å². The first kappa shape index (κ1) is 16.8. The number of carbonyl (C=O) groups is 1. The van der Waals surface area contributed by atoms with Crippen LogP contribution in [0.2, 0.25) is 5.02 Å². The largest absolute Gasteiger partial charge is 0.480 e. The molecule has 0 aliphatic carbocycles. The van der Waals surface area contributed by atoms with Gasteiger partial charge >= 0.3 is 0 Å². The van der Waals surface area contributed by atoms with Crippen molar-refractivity contribution in [2.24, 2.45) is 0 Å². The Morgan fingerprint density at radius 2 is 1.95 bits per heavy atom. The highest BCUT2D eigenvalue weighted by atomic mass is 79.9. The van der Waals surface area contributed by atoms with Crippen molar-refractivity contribution in [3.63, 3.8) is 0 Å². The zero-order valence-electron chi connectivity index (χ0n) is 12.6. The van der Waals surface area contributed by atoms with Crippen LogP contribution in [0.5, 0.6) is 5.75 Å². The summed E-state index contributed by atoms with van der Waals surface area (Å²) in [5.41, 5.74) is 2.97. The SMILES string of the molecule is Cc1ccc(NC(=O)[C@@H](C)Oc2ccc(Cl)cc2Br)c(C)c1. The van der Waals surface area contributed by atoms with Crippen molar-refractivity contribution in [1.29, 1.82) is 0 Å². The Balaban J connectivity index is 2.05. The van der Waals surface area contributed by atoms with Crippen LogP contribution in [-0.2, 0) is 4.79 Å². The van der Waals surface area contributed by atoms with Crippen LogP contribution in [0, 0.1) is 13.8 Å². The number of rotatable bonds is 4. The second-order valence-electron chi connectivity index (χ2n) is 5.14. The van der Waals surface area contributed by atoms with Gasteiger partial charge in [0.25, 0.3) is 5.91 Å². The van der Waals surface area contributed by atoms with E-state index in [0.717, 1.165) is 16.8 Å². The van der Waals surface area contributed by atoms with Crippen molar-refractivity contribution in [3.8, 4) is 5.75 Å². The molecule has 0 spiro atoms. The molecule has 2 aromatic carbocycles. The molecule has 0 aromatic heterocycles. The van der Waals surface area contributed by atoms with Gasteiger partial charge in [-0.25, -0.2) is 0 Å². The molecular formula is C17H17BrClNO2. The lowest BCUT2D eigenvalue weighted by molar-refractivity contribution is -0.122. The van der Waals surface area contributed by atoms with Gasteiger partial charge in [0, 0.05) is 10.7 Å². The molecular weight excluding hydrogens is 366 g/mol. The van der Waals surface area contributed by atoms with Crippen LogP contribution in [0.4, 0.5) is 5.69 Å². The van der Waals surface area contributed by atoms with E-state index < -0.39 is 6.10 Å². The average molecular weight is 383 g/mol. The second-order valence-corrected chi connectivity index (χ2v) is 6.43. The third-order valence-electron chi connectivity index (χ3n) is 3.21. The minimum atomic E-state index is -0.627. The summed E-state index contributed by atoms with van der Waals surface area (Å²) in [7, 11) is 0. The summed E-state index contributed by atoms with van der Waals surface area (Å²) in [5, 5.41) is 3.49. The number of anilines is 1. The number of hydrogen-bond donors (Lipinski definition) is 1. The zero-order chi connectivity index (χ0) is 16.3. The van der Waals surface area contributed by atoms with Crippen LogP contribution < -0.4 is 10.1 Å². The lowest BCUT2D eigenvalue weighted by Crippen LogP contribution is -2.30. The van der Waals surface area contributed by atoms with Gasteiger partial charge in [0.05, 0.1) is 4.47 Å². The highest BCUT2D eigenvalue weighted by Gasteiger charge is 2.17. The first-order valence-corrected chi connectivity index (χ1v) is 8.03. The molecule has 22 heavy (non-hydrogen) atoms. The van der Waals surface area contributed by atoms with Crippen molar-refractivity contribution < 1.29 is 9.53 Å². The predicted octanol–water partition coefficient (Wildman–Crippen LogP) is 5.13. The number of halogens is 2. The molecule has 2 aromatic rings. The third kappa shape index (κ3) is 4.24. The van der Waals surface area contributed by atoms with Crippen LogP contribution in [0.3, 0.4) is 0 Å². The highest BCUT2D eigenvalue weighted by molar-refractivity contribution is 9.10. The molecule has 0 aliphatic heterocycles. The first-order valence-electron chi connectivity index (χ1n) is 6.86. The third-order valence-corrected chi connectivity index (χ3v) is 4.06. The number of hydrogen-bond acceptors (Lipinski definition) is 2. The topological polar surface area (TPSA) is 38.3 Å². The molecule has 1 amide bonds. The average Bonchev–Trinajstić information content (AvgIpc) is 2.44. The Morgan fingerprint density at radius 1 is 1.23 bits per heavy atom. The van der Waals surface area contributed by atoms with Crippen molar-refractivity contribution in [2.45, 2.75) is 26.9 Å². The number of aryl methyl sites for hydroxylation is 2. The van der Waals surface area contributed by atoms with Crippen LogP contribution in [0.25, 0.3) is 0 Å². The summed E-state index contributed by atoms with van der Waals surface area (Å²) in [5.74, 6) is 0.376. The molecule has 0 aliphatic rings. The number of amides is 1. The molecule has 116 valence electrons. The van der Waals surface area contributed by atoms with E-state index in [0.29, 0.717) is 15.2 Å². The van der Waals surface area contributed by atoms with E-state index in [1.807, 2.05) is 32.0 Å². The number of ether oxygens (including phenoxy) is 1. The maximum Gasteiger partial charge on any atom is 0.265 e. The molecule has 0 unspecified atom stereocenters. The number of carbonyl (C=O) groups excluding carboxylic acids is 1. The first-order chi connectivity index (χ1) is 10.4. The minimum absolute atomic E-state index is 0.200. The lowest BCUT2D eigenvalue weighted by Gasteiger charge is -2.17. The monoisotopic (exact) mass is 381 g/mol. The normalized spacial score (nSPS) is 11.9. The van der Waals surface area contributed by atoms with E-state index in [-0.39, 0.29) is 5.91 Å². The van der Waals surface area contributed by atoms with Gasteiger partial charge in [0.1, 0.15) is 5.75 Å². The maximum atomic E-state index is 12.3. The summed E-state index contributed by atoms with van der Waals surface area (Å²) in [4.78, 5) is 12.3. The quantitative estimate of drug-likeness (QED) is 0.796. The molecule has 3 nitrogen and oxygen atoms in total. The van der Waals surface area contributed by atoms with Crippen LogP contribution in [-0.4, -0.2) is 12.0 Å². The molecule has 0 saturated carbocycles. The Morgan fingerprint density at radius 3 is 2.59 bits per heavy atom. The van der Waals surface area contributed by atoms with E-state index in [4.69, 9.17) is 16.3 Å².